The van der Waals surface area contributed by atoms with Gasteiger partial charge in [0.1, 0.15) is 4.70 Å². The number of anilines is 1. The largest absolute Gasteiger partial charge is 0.748 e. The van der Waals surface area contributed by atoms with Crippen LogP contribution in [-0.2, 0) is 16.7 Å². The molecule has 0 bridgehead atoms. The van der Waals surface area contributed by atoms with Gasteiger partial charge in [0.15, 0.2) is 6.54 Å². The first-order chi connectivity index (χ1) is 17.6. The normalized spacial score (nSPS) is 19.6. The number of aryl methyl sites for hydroxylation is 1. The molecule has 2 aliphatic rings. The van der Waals surface area contributed by atoms with Gasteiger partial charge in [0, 0.05) is 35.8 Å². The Morgan fingerprint density at radius 2 is 1.84 bits per heavy atom. The maximum absolute atomic E-state index is 11.2. The Kier molecular flexibility index (Phi) is 7.38. The van der Waals surface area contributed by atoms with Gasteiger partial charge in [-0.25, -0.2) is 8.42 Å². The van der Waals surface area contributed by atoms with Crippen molar-refractivity contribution in [2.75, 3.05) is 17.2 Å². The molecule has 0 atom stereocenters. The summed E-state index contributed by atoms with van der Waals surface area (Å²) in [5, 5.41) is 2.35. The molecule has 194 valence electrons. The summed E-state index contributed by atoms with van der Waals surface area (Å²) in [5.41, 5.74) is 5.06. The highest BCUT2D eigenvalue weighted by atomic mass is 32.2. The predicted octanol–water partition coefficient (Wildman–Crippen LogP) is 6.73. The summed E-state index contributed by atoms with van der Waals surface area (Å²) in [6, 6.07) is 16.7. The van der Waals surface area contributed by atoms with Gasteiger partial charge in [-0.15, -0.1) is 0 Å². The van der Waals surface area contributed by atoms with Gasteiger partial charge in [-0.2, -0.15) is 4.57 Å². The zero-order valence-electron chi connectivity index (χ0n) is 21.4. The standard InChI is InChI=1S/C29H32N2O3S3/c1-4-30-23-10-5-7-12-25(23)35-27(30)17-21-16-22(20-29(2,3)19-21)18-28-31(14-9-15-37(32,33)34)24-11-6-8-13-26(24)36-28/h5-8,10-13,16-18H,4,9,14-15,19-20H2,1-3H3. The Morgan fingerprint density at radius 3 is 2.62 bits per heavy atom. The Bertz CT molecular complexity index is 1530. The third kappa shape index (κ3) is 6.03. The highest BCUT2D eigenvalue weighted by Gasteiger charge is 2.29. The number of hydrogen-bond donors (Lipinski definition) is 0. The number of hydrogen-bond acceptors (Lipinski definition) is 6. The topological polar surface area (TPSA) is 64.3 Å². The van der Waals surface area contributed by atoms with Crippen LogP contribution < -0.4 is 9.47 Å². The second-order valence-corrected chi connectivity index (χ2v) is 14.1. The first-order valence-electron chi connectivity index (χ1n) is 12.6. The number of thioether (sulfide) groups is 1. The summed E-state index contributed by atoms with van der Waals surface area (Å²) in [5.74, 6) is -0.348. The molecular formula is C29H32N2O3S3. The van der Waals surface area contributed by atoms with E-state index >= 15 is 0 Å². The van der Waals surface area contributed by atoms with Crippen molar-refractivity contribution in [1.29, 1.82) is 0 Å². The van der Waals surface area contributed by atoms with Gasteiger partial charge >= 0.3 is 0 Å². The second kappa shape index (κ2) is 10.4. The monoisotopic (exact) mass is 552 g/mol. The third-order valence-corrected chi connectivity index (χ3v) is 9.73. The molecule has 1 aromatic heterocycles. The number of nitrogens with zero attached hydrogens (tertiary/aromatic N) is 2. The van der Waals surface area contributed by atoms with Crippen LogP contribution in [0.25, 0.3) is 16.3 Å². The van der Waals surface area contributed by atoms with Crippen LogP contribution in [0.4, 0.5) is 5.69 Å². The van der Waals surface area contributed by atoms with Crippen molar-refractivity contribution in [1.82, 2.24) is 0 Å². The van der Waals surface area contributed by atoms with Crippen molar-refractivity contribution < 1.29 is 17.5 Å². The molecule has 1 aliphatic carbocycles. The molecule has 0 saturated carbocycles. The van der Waals surface area contributed by atoms with E-state index in [9.17, 15) is 13.0 Å². The van der Waals surface area contributed by atoms with Crippen LogP contribution in [-0.4, -0.2) is 25.3 Å². The Balaban J connectivity index is 1.50. The lowest BCUT2D eigenvalue weighted by Crippen LogP contribution is -2.36. The molecule has 1 aliphatic heterocycles. The van der Waals surface area contributed by atoms with Gasteiger partial charge in [0.05, 0.1) is 20.8 Å². The summed E-state index contributed by atoms with van der Waals surface area (Å²) in [6.07, 6.45) is 9.21. The van der Waals surface area contributed by atoms with Crippen molar-refractivity contribution in [3.63, 3.8) is 0 Å². The van der Waals surface area contributed by atoms with Crippen LogP contribution in [0.5, 0.6) is 0 Å². The number of aromatic nitrogens is 1. The molecule has 3 aromatic rings. The van der Waals surface area contributed by atoms with Crippen molar-refractivity contribution in [3.8, 4) is 0 Å². The SMILES string of the molecule is CCN1/C(=C/C2=CC(=C/c3sc4ccccc4[n+]3CCCS(=O)(=O)[O-])/CC(C)(C)C2)Sc2ccccc21. The molecular weight excluding hydrogens is 521 g/mol. The van der Waals surface area contributed by atoms with Crippen LogP contribution in [0.15, 0.2) is 81.8 Å². The summed E-state index contributed by atoms with van der Waals surface area (Å²) >= 11 is 3.54. The molecule has 2 heterocycles. The highest BCUT2D eigenvalue weighted by Crippen LogP contribution is 2.47. The Hall–Kier alpha value is -2.39. The van der Waals surface area contributed by atoms with Crippen LogP contribution in [0.1, 0.15) is 45.0 Å². The van der Waals surface area contributed by atoms with Crippen LogP contribution in [0.3, 0.4) is 0 Å². The van der Waals surface area contributed by atoms with Crippen molar-refractivity contribution in [2.45, 2.75) is 51.5 Å². The molecule has 0 unspecified atom stereocenters. The van der Waals surface area contributed by atoms with E-state index in [0.717, 1.165) is 34.6 Å². The summed E-state index contributed by atoms with van der Waals surface area (Å²) in [7, 11) is -4.23. The van der Waals surface area contributed by atoms with E-state index in [-0.39, 0.29) is 11.2 Å². The fourth-order valence-electron chi connectivity index (χ4n) is 5.29. The lowest BCUT2D eigenvalue weighted by molar-refractivity contribution is -0.668. The number of benzene rings is 2. The first-order valence-corrected chi connectivity index (χ1v) is 15.9. The molecule has 37 heavy (non-hydrogen) atoms. The van der Waals surface area contributed by atoms with Crippen LogP contribution in [0, 0.1) is 5.41 Å². The number of allylic oxidation sites excluding steroid dienone is 4. The van der Waals surface area contributed by atoms with E-state index in [1.807, 2.05) is 23.9 Å². The first kappa shape index (κ1) is 26.2. The number of para-hydroxylation sites is 2. The molecule has 0 saturated heterocycles. The predicted molar refractivity (Wildman–Crippen MR) is 154 cm³/mol. The Labute approximate surface area is 228 Å². The molecule has 0 spiro atoms. The van der Waals surface area contributed by atoms with Crippen molar-refractivity contribution >= 4 is 55.2 Å². The smallest absolute Gasteiger partial charge is 0.263 e. The molecule has 8 heteroatoms. The van der Waals surface area contributed by atoms with Gasteiger partial charge in [-0.05, 0) is 60.6 Å². The second-order valence-electron chi connectivity index (χ2n) is 10.4. The number of thiazole rings is 1. The van der Waals surface area contributed by atoms with Crippen LogP contribution in [0.2, 0.25) is 0 Å². The number of rotatable bonds is 7. The Morgan fingerprint density at radius 1 is 1.08 bits per heavy atom. The molecule has 2 aromatic carbocycles. The van der Waals surface area contributed by atoms with E-state index in [2.05, 4.69) is 84.9 Å². The minimum Gasteiger partial charge on any atom is -0.748 e. The molecule has 0 fully saturated rings. The van der Waals surface area contributed by atoms with Crippen molar-refractivity contribution in [3.05, 3.63) is 81.9 Å². The lowest BCUT2D eigenvalue weighted by atomic mass is 9.75. The van der Waals surface area contributed by atoms with E-state index in [4.69, 9.17) is 0 Å². The summed E-state index contributed by atoms with van der Waals surface area (Å²) in [6.45, 7) is 8.25. The van der Waals surface area contributed by atoms with E-state index in [1.165, 1.54) is 26.8 Å². The number of fused-ring (bicyclic) bond motifs is 2. The van der Waals surface area contributed by atoms with Gasteiger partial charge in [-0.1, -0.05) is 67.3 Å². The zero-order chi connectivity index (χ0) is 26.2. The van der Waals surface area contributed by atoms with E-state index in [1.54, 1.807) is 11.3 Å². The van der Waals surface area contributed by atoms with E-state index in [0.29, 0.717) is 13.0 Å². The van der Waals surface area contributed by atoms with Gasteiger partial charge in [0.2, 0.25) is 5.52 Å². The minimum atomic E-state index is -4.23. The molecule has 0 N–H and O–H groups in total. The fourth-order valence-corrected chi connectivity index (χ4v) is 8.14. The minimum absolute atomic E-state index is 0.123. The molecule has 0 amide bonds. The highest BCUT2D eigenvalue weighted by molar-refractivity contribution is 8.03. The summed E-state index contributed by atoms with van der Waals surface area (Å²) < 4.78 is 36.9. The maximum Gasteiger partial charge on any atom is 0.263 e. The fraction of sp³-hybridized carbons (Fsp3) is 0.345. The average molecular weight is 553 g/mol. The van der Waals surface area contributed by atoms with E-state index < -0.39 is 10.1 Å². The van der Waals surface area contributed by atoms with Gasteiger partial charge < -0.3 is 9.45 Å². The van der Waals surface area contributed by atoms with Gasteiger partial charge in [0.25, 0.3) is 5.01 Å². The summed E-state index contributed by atoms with van der Waals surface area (Å²) in [4.78, 5) is 3.68. The molecule has 5 nitrogen and oxygen atoms in total. The lowest BCUT2D eigenvalue weighted by Gasteiger charge is -2.31. The maximum atomic E-state index is 11.2. The molecule has 0 radical (unpaired) electrons. The van der Waals surface area contributed by atoms with Crippen LogP contribution >= 0.6 is 23.1 Å². The van der Waals surface area contributed by atoms with Crippen molar-refractivity contribution in [2.24, 2.45) is 5.41 Å². The quantitative estimate of drug-likeness (QED) is 0.240. The third-order valence-electron chi connectivity index (χ3n) is 6.72. The van der Waals surface area contributed by atoms with Gasteiger partial charge in [-0.3, -0.25) is 0 Å². The average Bonchev–Trinajstić information content (AvgIpc) is 3.34. The molecule has 5 rings (SSSR count). The zero-order valence-corrected chi connectivity index (χ0v) is 23.9.